The van der Waals surface area contributed by atoms with E-state index < -0.39 is 12.4 Å². The van der Waals surface area contributed by atoms with Crippen molar-refractivity contribution < 1.29 is 18.6 Å². The second kappa shape index (κ2) is 4.93. The van der Waals surface area contributed by atoms with E-state index in [0.717, 1.165) is 0 Å². The fraction of sp³-hybridized carbons (Fsp3) is 0.0769. The van der Waals surface area contributed by atoms with Crippen LogP contribution in [0, 0.1) is 11.6 Å². The number of halogens is 2. The predicted octanol–water partition coefficient (Wildman–Crippen LogP) is 3.25. The van der Waals surface area contributed by atoms with Gasteiger partial charge in [-0.15, -0.1) is 0 Å². The number of rotatable bonds is 3. The molecular weight excluding hydrogens is 226 g/mol. The van der Waals surface area contributed by atoms with Crippen LogP contribution in [0.15, 0.2) is 42.5 Å². The Balaban J connectivity index is 2.27. The van der Waals surface area contributed by atoms with Gasteiger partial charge < -0.3 is 9.84 Å². The van der Waals surface area contributed by atoms with E-state index >= 15 is 0 Å². The smallest absolute Gasteiger partial charge is 0.171 e. The van der Waals surface area contributed by atoms with Crippen LogP contribution in [0.4, 0.5) is 8.78 Å². The second-order valence-electron chi connectivity index (χ2n) is 3.44. The summed E-state index contributed by atoms with van der Waals surface area (Å²) in [7, 11) is 0. The van der Waals surface area contributed by atoms with Gasteiger partial charge in [-0.3, -0.25) is 0 Å². The fourth-order valence-electron chi connectivity index (χ4n) is 1.39. The number of hydrogen-bond donors (Lipinski definition) is 1. The molecule has 0 atom stereocenters. The van der Waals surface area contributed by atoms with Crippen molar-refractivity contribution in [3.8, 4) is 11.5 Å². The summed E-state index contributed by atoms with van der Waals surface area (Å²) < 4.78 is 31.6. The van der Waals surface area contributed by atoms with Crippen LogP contribution < -0.4 is 4.74 Å². The zero-order valence-electron chi connectivity index (χ0n) is 8.86. The zero-order valence-corrected chi connectivity index (χ0v) is 8.86. The molecule has 0 radical (unpaired) electrons. The zero-order chi connectivity index (χ0) is 12.3. The summed E-state index contributed by atoms with van der Waals surface area (Å²) in [6.07, 6.45) is 0. The van der Waals surface area contributed by atoms with E-state index in [-0.39, 0.29) is 17.1 Å². The molecule has 0 saturated heterocycles. The predicted molar refractivity (Wildman–Crippen MR) is 58.8 cm³/mol. The Kier molecular flexibility index (Phi) is 3.35. The highest BCUT2D eigenvalue weighted by molar-refractivity contribution is 5.35. The molecular formula is C13H10F2O2. The van der Waals surface area contributed by atoms with Crippen LogP contribution in [0.3, 0.4) is 0 Å². The van der Waals surface area contributed by atoms with E-state index in [0.29, 0.717) is 5.75 Å². The summed E-state index contributed by atoms with van der Waals surface area (Å²) in [5.41, 5.74) is 0.157. The first kappa shape index (κ1) is 11.5. The molecule has 4 heteroatoms. The molecule has 0 bridgehead atoms. The summed E-state index contributed by atoms with van der Waals surface area (Å²) in [5.74, 6) is -0.662. The summed E-state index contributed by atoms with van der Waals surface area (Å²) in [4.78, 5) is 0. The largest absolute Gasteiger partial charge is 0.454 e. The normalized spacial score (nSPS) is 10.3. The number of aliphatic hydroxyl groups is 1. The molecule has 2 nitrogen and oxygen atoms in total. The maximum Gasteiger partial charge on any atom is 0.171 e. The van der Waals surface area contributed by atoms with Gasteiger partial charge in [0.2, 0.25) is 0 Å². The van der Waals surface area contributed by atoms with Gasteiger partial charge >= 0.3 is 0 Å². The third kappa shape index (κ3) is 2.60. The van der Waals surface area contributed by atoms with Gasteiger partial charge in [-0.25, -0.2) is 8.78 Å². The van der Waals surface area contributed by atoms with E-state index in [9.17, 15) is 8.78 Å². The highest BCUT2D eigenvalue weighted by atomic mass is 19.1. The van der Waals surface area contributed by atoms with Crippen molar-refractivity contribution in [1.82, 2.24) is 0 Å². The maximum absolute atomic E-state index is 13.7. The minimum Gasteiger partial charge on any atom is -0.454 e. The Morgan fingerprint density at radius 3 is 2.35 bits per heavy atom. The topological polar surface area (TPSA) is 29.5 Å². The third-order valence-electron chi connectivity index (χ3n) is 2.26. The average molecular weight is 236 g/mol. The lowest BCUT2D eigenvalue weighted by atomic mass is 10.2. The average Bonchev–Trinajstić information content (AvgIpc) is 2.35. The third-order valence-corrected chi connectivity index (χ3v) is 2.26. The quantitative estimate of drug-likeness (QED) is 0.886. The standard InChI is InChI=1S/C13H10F2O2/c14-10-4-6-11(7-5-10)17-12-3-1-2-9(8-16)13(12)15/h1-7,16H,8H2. The number of aliphatic hydroxyl groups excluding tert-OH is 1. The molecule has 0 amide bonds. The Morgan fingerprint density at radius 2 is 1.71 bits per heavy atom. The molecule has 0 spiro atoms. The monoisotopic (exact) mass is 236 g/mol. The van der Waals surface area contributed by atoms with Crippen molar-refractivity contribution in [3.63, 3.8) is 0 Å². The lowest BCUT2D eigenvalue weighted by Gasteiger charge is -2.08. The van der Waals surface area contributed by atoms with Crippen molar-refractivity contribution in [2.24, 2.45) is 0 Å². The first-order chi connectivity index (χ1) is 8.20. The van der Waals surface area contributed by atoms with Gasteiger partial charge in [-0.2, -0.15) is 0 Å². The van der Waals surface area contributed by atoms with Gasteiger partial charge in [-0.1, -0.05) is 12.1 Å². The Bertz CT molecular complexity index is 509. The van der Waals surface area contributed by atoms with Crippen LogP contribution in [-0.4, -0.2) is 5.11 Å². The Morgan fingerprint density at radius 1 is 1.00 bits per heavy atom. The molecule has 1 N–H and O–H groups in total. The lowest BCUT2D eigenvalue weighted by molar-refractivity contribution is 0.273. The van der Waals surface area contributed by atoms with E-state index in [4.69, 9.17) is 9.84 Å². The minimum atomic E-state index is -0.612. The molecule has 0 heterocycles. The SMILES string of the molecule is OCc1cccc(Oc2ccc(F)cc2)c1F. The molecule has 17 heavy (non-hydrogen) atoms. The van der Waals surface area contributed by atoms with Crippen molar-refractivity contribution in [2.45, 2.75) is 6.61 Å². The fourth-order valence-corrected chi connectivity index (χ4v) is 1.39. The van der Waals surface area contributed by atoms with Gasteiger partial charge in [0.1, 0.15) is 11.6 Å². The highest BCUT2D eigenvalue weighted by Gasteiger charge is 2.09. The van der Waals surface area contributed by atoms with Crippen molar-refractivity contribution in [2.75, 3.05) is 0 Å². The van der Waals surface area contributed by atoms with Crippen LogP contribution in [0.1, 0.15) is 5.56 Å². The lowest BCUT2D eigenvalue weighted by Crippen LogP contribution is -1.94. The van der Waals surface area contributed by atoms with E-state index in [1.165, 1.54) is 36.4 Å². The molecule has 0 unspecified atom stereocenters. The van der Waals surface area contributed by atoms with E-state index in [2.05, 4.69) is 0 Å². The number of benzene rings is 2. The number of ether oxygens (including phenoxy) is 1. The van der Waals surface area contributed by atoms with E-state index in [1.807, 2.05) is 0 Å². The van der Waals surface area contributed by atoms with Gasteiger partial charge in [0.05, 0.1) is 6.61 Å². The molecule has 2 rings (SSSR count). The number of hydrogen-bond acceptors (Lipinski definition) is 2. The molecule has 2 aromatic carbocycles. The molecule has 2 aromatic rings. The van der Waals surface area contributed by atoms with Gasteiger partial charge in [-0.05, 0) is 30.3 Å². The second-order valence-corrected chi connectivity index (χ2v) is 3.44. The first-order valence-corrected chi connectivity index (χ1v) is 5.02. The maximum atomic E-state index is 13.7. The summed E-state index contributed by atoms with van der Waals surface area (Å²) >= 11 is 0. The van der Waals surface area contributed by atoms with Crippen LogP contribution in [0.2, 0.25) is 0 Å². The summed E-state index contributed by atoms with van der Waals surface area (Å²) in [6.45, 7) is -0.396. The Labute approximate surface area is 97.1 Å². The molecule has 0 fully saturated rings. The van der Waals surface area contributed by atoms with Crippen LogP contribution in [0.25, 0.3) is 0 Å². The van der Waals surface area contributed by atoms with Crippen LogP contribution in [-0.2, 0) is 6.61 Å². The summed E-state index contributed by atoms with van der Waals surface area (Å²) in [6, 6.07) is 9.74. The van der Waals surface area contributed by atoms with Crippen molar-refractivity contribution >= 4 is 0 Å². The molecule has 0 aliphatic carbocycles. The molecule has 0 aliphatic heterocycles. The van der Waals surface area contributed by atoms with E-state index in [1.54, 1.807) is 6.07 Å². The van der Waals surface area contributed by atoms with Gasteiger partial charge in [0.15, 0.2) is 11.6 Å². The minimum absolute atomic E-state index is 0.00292. The van der Waals surface area contributed by atoms with Gasteiger partial charge in [0.25, 0.3) is 0 Å². The molecule has 88 valence electrons. The van der Waals surface area contributed by atoms with Crippen LogP contribution >= 0.6 is 0 Å². The van der Waals surface area contributed by atoms with Crippen molar-refractivity contribution in [1.29, 1.82) is 0 Å². The first-order valence-electron chi connectivity index (χ1n) is 5.02. The summed E-state index contributed by atoms with van der Waals surface area (Å²) in [5, 5.41) is 8.90. The van der Waals surface area contributed by atoms with Crippen LogP contribution in [0.5, 0.6) is 11.5 Å². The van der Waals surface area contributed by atoms with Gasteiger partial charge in [0, 0.05) is 5.56 Å². The highest BCUT2D eigenvalue weighted by Crippen LogP contribution is 2.26. The molecule has 0 aliphatic rings. The molecule has 0 aromatic heterocycles. The molecule has 0 saturated carbocycles. The van der Waals surface area contributed by atoms with Crippen molar-refractivity contribution in [3.05, 3.63) is 59.7 Å². The Hall–Kier alpha value is -1.94.